The van der Waals surface area contributed by atoms with Gasteiger partial charge in [0.25, 0.3) is 0 Å². The van der Waals surface area contributed by atoms with Crippen molar-refractivity contribution in [3.63, 3.8) is 0 Å². The fraction of sp³-hybridized carbons (Fsp3) is 0.471. The van der Waals surface area contributed by atoms with Crippen LogP contribution in [0.15, 0.2) is 30.5 Å². The maximum absolute atomic E-state index is 6.20. The maximum atomic E-state index is 6.20. The standard InChI is InChI=1S/C17H22N2O/c1-3-12(2)14-9-13-5-4-7-19-17(13)16(10-14)20-15-6-8-18-11-15/h4-5,7,9-10,12,15,18H,3,6,8,11H2,1-2H3/t12?,15-/m1/s1. The van der Waals surface area contributed by atoms with Gasteiger partial charge in [-0.3, -0.25) is 4.98 Å². The molecule has 1 aliphatic rings. The van der Waals surface area contributed by atoms with Gasteiger partial charge in [-0.25, -0.2) is 0 Å². The molecule has 0 radical (unpaired) electrons. The van der Waals surface area contributed by atoms with Gasteiger partial charge in [-0.05, 0) is 49.1 Å². The Balaban J connectivity index is 2.02. The minimum atomic E-state index is 0.271. The first-order valence-electron chi connectivity index (χ1n) is 7.54. The van der Waals surface area contributed by atoms with Crippen LogP contribution in [0.5, 0.6) is 5.75 Å². The molecule has 1 unspecified atom stereocenters. The second-order valence-electron chi connectivity index (χ2n) is 5.64. The summed E-state index contributed by atoms with van der Waals surface area (Å²) in [6.07, 6.45) is 4.32. The summed E-state index contributed by atoms with van der Waals surface area (Å²) < 4.78 is 6.20. The van der Waals surface area contributed by atoms with Crippen LogP contribution in [-0.4, -0.2) is 24.2 Å². The van der Waals surface area contributed by atoms with Crippen molar-refractivity contribution >= 4 is 10.9 Å². The molecule has 2 heterocycles. The predicted octanol–water partition coefficient (Wildman–Crippen LogP) is 3.49. The van der Waals surface area contributed by atoms with Gasteiger partial charge in [0.2, 0.25) is 0 Å². The third-order valence-electron chi connectivity index (χ3n) is 4.18. The minimum Gasteiger partial charge on any atom is -0.487 e. The van der Waals surface area contributed by atoms with Gasteiger partial charge in [-0.2, -0.15) is 0 Å². The first kappa shape index (κ1) is 13.4. The summed E-state index contributed by atoms with van der Waals surface area (Å²) in [7, 11) is 0. The molecule has 1 aliphatic heterocycles. The van der Waals surface area contributed by atoms with Crippen molar-refractivity contribution in [1.29, 1.82) is 0 Å². The number of pyridine rings is 1. The van der Waals surface area contributed by atoms with E-state index in [9.17, 15) is 0 Å². The molecule has 1 aromatic heterocycles. The average Bonchev–Trinajstić information content (AvgIpc) is 2.99. The maximum Gasteiger partial charge on any atom is 0.146 e. The fourth-order valence-electron chi connectivity index (χ4n) is 2.70. The van der Waals surface area contributed by atoms with E-state index in [0.29, 0.717) is 5.92 Å². The Morgan fingerprint density at radius 1 is 1.45 bits per heavy atom. The molecule has 106 valence electrons. The molecule has 0 amide bonds. The smallest absolute Gasteiger partial charge is 0.146 e. The Bertz CT molecular complexity index is 591. The molecule has 3 heteroatoms. The lowest BCUT2D eigenvalue weighted by Crippen LogP contribution is -2.19. The lowest BCUT2D eigenvalue weighted by Gasteiger charge is -2.17. The first-order valence-corrected chi connectivity index (χ1v) is 7.54. The van der Waals surface area contributed by atoms with Crippen molar-refractivity contribution in [2.24, 2.45) is 0 Å². The topological polar surface area (TPSA) is 34.1 Å². The minimum absolute atomic E-state index is 0.271. The van der Waals surface area contributed by atoms with Gasteiger partial charge in [-0.15, -0.1) is 0 Å². The van der Waals surface area contributed by atoms with E-state index in [1.54, 1.807) is 0 Å². The Hall–Kier alpha value is -1.61. The number of ether oxygens (including phenoxy) is 1. The van der Waals surface area contributed by atoms with Crippen LogP contribution in [0.4, 0.5) is 0 Å². The molecule has 2 aromatic rings. The molecule has 0 saturated carbocycles. The number of aromatic nitrogens is 1. The van der Waals surface area contributed by atoms with Gasteiger partial charge in [0.1, 0.15) is 17.4 Å². The number of nitrogens with zero attached hydrogens (tertiary/aromatic N) is 1. The zero-order valence-corrected chi connectivity index (χ0v) is 12.2. The third kappa shape index (κ3) is 2.63. The van der Waals surface area contributed by atoms with Gasteiger partial charge in [0, 0.05) is 18.1 Å². The van der Waals surface area contributed by atoms with E-state index in [4.69, 9.17) is 4.74 Å². The van der Waals surface area contributed by atoms with E-state index in [0.717, 1.165) is 37.2 Å². The van der Waals surface area contributed by atoms with Crippen molar-refractivity contribution in [2.75, 3.05) is 13.1 Å². The lowest BCUT2D eigenvalue weighted by atomic mass is 9.96. The lowest BCUT2D eigenvalue weighted by molar-refractivity contribution is 0.225. The third-order valence-corrected chi connectivity index (χ3v) is 4.18. The highest BCUT2D eigenvalue weighted by Crippen LogP contribution is 2.31. The largest absolute Gasteiger partial charge is 0.487 e. The van der Waals surface area contributed by atoms with E-state index in [-0.39, 0.29) is 6.10 Å². The number of hydrogen-bond donors (Lipinski definition) is 1. The van der Waals surface area contributed by atoms with E-state index in [1.807, 2.05) is 12.3 Å². The van der Waals surface area contributed by atoms with Gasteiger partial charge in [0.05, 0.1) is 0 Å². The summed E-state index contributed by atoms with van der Waals surface area (Å²) in [6, 6.07) is 8.54. The average molecular weight is 270 g/mol. The molecule has 1 saturated heterocycles. The summed E-state index contributed by atoms with van der Waals surface area (Å²) in [5.41, 5.74) is 2.32. The number of nitrogens with one attached hydrogen (secondary N) is 1. The van der Waals surface area contributed by atoms with E-state index in [2.05, 4.69) is 42.3 Å². The molecule has 1 aromatic carbocycles. The molecule has 0 aliphatic carbocycles. The molecular formula is C17H22N2O. The summed E-state index contributed by atoms with van der Waals surface area (Å²) in [5.74, 6) is 1.48. The van der Waals surface area contributed by atoms with Crippen molar-refractivity contribution in [3.05, 3.63) is 36.0 Å². The molecule has 1 N–H and O–H groups in total. The van der Waals surface area contributed by atoms with Crippen LogP contribution in [0.1, 0.15) is 38.2 Å². The normalized spacial score (nSPS) is 20.2. The Labute approximate surface area is 120 Å². The molecule has 2 atom stereocenters. The van der Waals surface area contributed by atoms with Crippen LogP contribution in [0.25, 0.3) is 10.9 Å². The fourth-order valence-corrected chi connectivity index (χ4v) is 2.70. The van der Waals surface area contributed by atoms with Gasteiger partial charge < -0.3 is 10.1 Å². The van der Waals surface area contributed by atoms with Crippen molar-refractivity contribution < 1.29 is 4.74 Å². The molecule has 0 spiro atoms. The molecule has 3 rings (SSSR count). The van der Waals surface area contributed by atoms with Crippen molar-refractivity contribution in [3.8, 4) is 5.75 Å². The molecule has 1 fully saturated rings. The Morgan fingerprint density at radius 2 is 2.35 bits per heavy atom. The highest BCUT2D eigenvalue weighted by Gasteiger charge is 2.18. The van der Waals surface area contributed by atoms with E-state index < -0.39 is 0 Å². The Morgan fingerprint density at radius 3 is 3.10 bits per heavy atom. The number of fused-ring (bicyclic) bond motifs is 1. The highest BCUT2D eigenvalue weighted by atomic mass is 16.5. The van der Waals surface area contributed by atoms with E-state index >= 15 is 0 Å². The SMILES string of the molecule is CCC(C)c1cc(O[C@@H]2CCNC2)c2ncccc2c1. The molecule has 20 heavy (non-hydrogen) atoms. The number of hydrogen-bond acceptors (Lipinski definition) is 3. The predicted molar refractivity (Wildman–Crippen MR) is 82.4 cm³/mol. The quantitative estimate of drug-likeness (QED) is 0.923. The summed E-state index contributed by atoms with van der Waals surface area (Å²) in [4.78, 5) is 4.50. The van der Waals surface area contributed by atoms with Crippen LogP contribution in [0.2, 0.25) is 0 Å². The van der Waals surface area contributed by atoms with Gasteiger partial charge in [-0.1, -0.05) is 19.9 Å². The summed E-state index contributed by atoms with van der Waals surface area (Å²) in [6.45, 7) is 6.46. The molecule has 3 nitrogen and oxygen atoms in total. The number of rotatable bonds is 4. The second-order valence-corrected chi connectivity index (χ2v) is 5.64. The number of benzene rings is 1. The van der Waals surface area contributed by atoms with Crippen LogP contribution in [0.3, 0.4) is 0 Å². The van der Waals surface area contributed by atoms with E-state index in [1.165, 1.54) is 10.9 Å². The molecular weight excluding hydrogens is 248 g/mol. The Kier molecular flexibility index (Phi) is 3.88. The monoisotopic (exact) mass is 270 g/mol. The van der Waals surface area contributed by atoms with Crippen molar-refractivity contribution in [2.45, 2.75) is 38.7 Å². The summed E-state index contributed by atoms with van der Waals surface area (Å²) in [5, 5.41) is 4.52. The summed E-state index contributed by atoms with van der Waals surface area (Å²) >= 11 is 0. The molecule has 0 bridgehead atoms. The van der Waals surface area contributed by atoms with Crippen molar-refractivity contribution in [1.82, 2.24) is 10.3 Å². The zero-order valence-electron chi connectivity index (χ0n) is 12.2. The zero-order chi connectivity index (χ0) is 13.9. The van der Waals surface area contributed by atoms with Gasteiger partial charge >= 0.3 is 0 Å². The first-order chi connectivity index (χ1) is 9.78. The van der Waals surface area contributed by atoms with Crippen LogP contribution in [-0.2, 0) is 0 Å². The van der Waals surface area contributed by atoms with Crippen LogP contribution < -0.4 is 10.1 Å². The van der Waals surface area contributed by atoms with Crippen LogP contribution in [0, 0.1) is 0 Å². The van der Waals surface area contributed by atoms with Crippen LogP contribution >= 0.6 is 0 Å². The second kappa shape index (κ2) is 5.80. The van der Waals surface area contributed by atoms with Gasteiger partial charge in [0.15, 0.2) is 0 Å². The highest BCUT2D eigenvalue weighted by molar-refractivity contribution is 5.85.